The third-order valence-electron chi connectivity index (χ3n) is 2.74. The Labute approximate surface area is 126 Å². The van der Waals surface area contributed by atoms with E-state index in [1.54, 1.807) is 13.0 Å². The number of halogens is 1. The molecule has 0 unspecified atom stereocenters. The van der Waals surface area contributed by atoms with E-state index in [9.17, 15) is 13.2 Å². The number of sulfonamides is 1. The lowest BCUT2D eigenvalue weighted by molar-refractivity contribution is 0.0981. The molecule has 2 rings (SSSR count). The molecule has 2 aromatic rings. The number of carbonyl (C=O) groups excluding carboxylic acids is 1. The van der Waals surface area contributed by atoms with Crippen LogP contribution in [0.2, 0.25) is 5.02 Å². The van der Waals surface area contributed by atoms with Crippen LogP contribution < -0.4 is 4.72 Å². The molecule has 0 aliphatic heterocycles. The monoisotopic (exact) mass is 323 g/mol. The summed E-state index contributed by atoms with van der Waals surface area (Å²) in [4.78, 5) is 14.3. The Bertz CT molecular complexity index is 850. The van der Waals surface area contributed by atoms with Crippen molar-refractivity contribution < 1.29 is 13.2 Å². The molecule has 6 nitrogen and oxygen atoms in total. The molecule has 0 aliphatic rings. The molecule has 1 aromatic heterocycles. The van der Waals surface area contributed by atoms with Crippen LogP contribution in [-0.4, -0.2) is 19.3 Å². The molecule has 0 fully saturated rings. The molecule has 1 amide bonds. The fourth-order valence-electron chi connectivity index (χ4n) is 1.65. The molecular weight excluding hydrogens is 314 g/mol. The quantitative estimate of drug-likeness (QED) is 0.901. The van der Waals surface area contributed by atoms with Gasteiger partial charge in [0.15, 0.2) is 0 Å². The maximum Gasteiger partial charge on any atom is 0.266 e. The Hall–Kier alpha value is -2.30. The predicted octanol–water partition coefficient (Wildman–Crippen LogP) is 1.97. The smallest absolute Gasteiger partial charge is 0.266 e. The number of nitriles is 1. The number of benzene rings is 1. The van der Waals surface area contributed by atoms with Gasteiger partial charge >= 0.3 is 0 Å². The largest absolute Gasteiger partial charge is 0.352 e. The van der Waals surface area contributed by atoms with Crippen molar-refractivity contribution in [2.24, 2.45) is 0 Å². The number of aromatic amines is 1. The lowest BCUT2D eigenvalue weighted by Gasteiger charge is -2.09. The van der Waals surface area contributed by atoms with Gasteiger partial charge in [0.05, 0.1) is 10.6 Å². The summed E-state index contributed by atoms with van der Waals surface area (Å²) in [5, 5.41) is 8.72. The van der Waals surface area contributed by atoms with Crippen LogP contribution in [0.3, 0.4) is 0 Å². The maximum atomic E-state index is 12.2. The van der Waals surface area contributed by atoms with Gasteiger partial charge in [0.25, 0.3) is 15.9 Å². The van der Waals surface area contributed by atoms with Gasteiger partial charge in [0.1, 0.15) is 16.7 Å². The van der Waals surface area contributed by atoms with Crippen LogP contribution in [0.1, 0.15) is 21.6 Å². The van der Waals surface area contributed by atoms with Crippen LogP contribution >= 0.6 is 11.6 Å². The molecule has 8 heteroatoms. The number of aryl methyl sites for hydroxylation is 1. The Balaban J connectivity index is 2.31. The Morgan fingerprint density at radius 2 is 2.14 bits per heavy atom. The zero-order valence-electron chi connectivity index (χ0n) is 10.8. The van der Waals surface area contributed by atoms with Crippen molar-refractivity contribution in [2.45, 2.75) is 11.8 Å². The van der Waals surface area contributed by atoms with Crippen molar-refractivity contribution >= 4 is 27.5 Å². The van der Waals surface area contributed by atoms with Gasteiger partial charge in [0, 0.05) is 6.20 Å². The molecule has 2 N–H and O–H groups in total. The predicted molar refractivity (Wildman–Crippen MR) is 76.3 cm³/mol. The van der Waals surface area contributed by atoms with Crippen LogP contribution in [-0.2, 0) is 10.0 Å². The maximum absolute atomic E-state index is 12.2. The molecule has 0 aliphatic carbocycles. The van der Waals surface area contributed by atoms with Crippen molar-refractivity contribution in [1.82, 2.24) is 9.71 Å². The van der Waals surface area contributed by atoms with E-state index in [1.165, 1.54) is 24.4 Å². The summed E-state index contributed by atoms with van der Waals surface area (Å²) in [7, 11) is -4.09. The van der Waals surface area contributed by atoms with E-state index < -0.39 is 15.9 Å². The highest BCUT2D eigenvalue weighted by atomic mass is 35.5. The highest BCUT2D eigenvalue weighted by Crippen LogP contribution is 2.24. The number of aromatic nitrogens is 1. The summed E-state index contributed by atoms with van der Waals surface area (Å²) < 4.78 is 26.3. The van der Waals surface area contributed by atoms with Gasteiger partial charge in [-0.3, -0.25) is 4.79 Å². The second-order valence-electron chi connectivity index (χ2n) is 4.24. The zero-order valence-corrected chi connectivity index (χ0v) is 12.4. The SMILES string of the molecule is Cc1cccc(S(=O)(=O)NC(=O)c2c[nH]c(C#N)c2)c1Cl. The van der Waals surface area contributed by atoms with Crippen molar-refractivity contribution in [3.8, 4) is 6.07 Å². The first-order chi connectivity index (χ1) is 9.85. The molecular formula is C13H10ClN3O3S. The van der Waals surface area contributed by atoms with Gasteiger partial charge in [0.2, 0.25) is 0 Å². The van der Waals surface area contributed by atoms with Crippen LogP contribution in [0.25, 0.3) is 0 Å². The number of rotatable bonds is 3. The topological polar surface area (TPSA) is 103 Å². The van der Waals surface area contributed by atoms with Crippen molar-refractivity contribution in [1.29, 1.82) is 5.26 Å². The average molecular weight is 324 g/mol. The van der Waals surface area contributed by atoms with E-state index in [-0.39, 0.29) is 21.2 Å². The molecule has 0 saturated carbocycles. The zero-order chi connectivity index (χ0) is 15.6. The van der Waals surface area contributed by atoms with Crippen molar-refractivity contribution in [3.05, 3.63) is 52.3 Å². The van der Waals surface area contributed by atoms with Crippen LogP contribution in [0.5, 0.6) is 0 Å². The standard InChI is InChI=1S/C13H10ClN3O3S/c1-8-3-2-4-11(12(8)14)21(19,20)17-13(18)9-5-10(6-15)16-7-9/h2-5,7,16H,1H3,(H,17,18). The molecule has 0 saturated heterocycles. The molecule has 0 atom stereocenters. The summed E-state index contributed by atoms with van der Waals surface area (Å²) in [5.74, 6) is -0.842. The third-order valence-corrected chi connectivity index (χ3v) is 4.73. The van der Waals surface area contributed by atoms with E-state index in [2.05, 4.69) is 4.98 Å². The number of hydrogen-bond donors (Lipinski definition) is 2. The van der Waals surface area contributed by atoms with Crippen molar-refractivity contribution in [3.63, 3.8) is 0 Å². The second-order valence-corrected chi connectivity index (χ2v) is 6.26. The Morgan fingerprint density at radius 3 is 2.76 bits per heavy atom. The number of nitrogens with zero attached hydrogens (tertiary/aromatic N) is 1. The van der Waals surface area contributed by atoms with E-state index >= 15 is 0 Å². The van der Waals surface area contributed by atoms with E-state index in [4.69, 9.17) is 16.9 Å². The first kappa shape index (κ1) is 15.1. The molecule has 1 aromatic carbocycles. The first-order valence-corrected chi connectivity index (χ1v) is 7.62. The average Bonchev–Trinajstić information content (AvgIpc) is 2.90. The number of H-pyrrole nitrogens is 1. The second kappa shape index (κ2) is 5.60. The highest BCUT2D eigenvalue weighted by Gasteiger charge is 2.22. The number of nitrogens with one attached hydrogen (secondary N) is 2. The highest BCUT2D eigenvalue weighted by molar-refractivity contribution is 7.90. The van der Waals surface area contributed by atoms with Gasteiger partial charge < -0.3 is 4.98 Å². The summed E-state index contributed by atoms with van der Waals surface area (Å²) in [6.45, 7) is 1.66. The Kier molecular flexibility index (Phi) is 4.02. The van der Waals surface area contributed by atoms with E-state index in [0.717, 1.165) is 0 Å². The fourth-order valence-corrected chi connectivity index (χ4v) is 3.21. The number of amides is 1. The van der Waals surface area contributed by atoms with Crippen LogP contribution in [0.4, 0.5) is 0 Å². The lowest BCUT2D eigenvalue weighted by atomic mass is 10.2. The lowest BCUT2D eigenvalue weighted by Crippen LogP contribution is -2.30. The minimum atomic E-state index is -4.09. The molecule has 108 valence electrons. The van der Waals surface area contributed by atoms with Gasteiger partial charge in [-0.2, -0.15) is 5.26 Å². The van der Waals surface area contributed by atoms with Crippen LogP contribution in [0, 0.1) is 18.3 Å². The fraction of sp³-hybridized carbons (Fsp3) is 0.0769. The summed E-state index contributed by atoms with van der Waals surface area (Å²) in [6.07, 6.45) is 1.25. The number of hydrogen-bond acceptors (Lipinski definition) is 4. The minimum Gasteiger partial charge on any atom is -0.352 e. The van der Waals surface area contributed by atoms with Gasteiger partial charge in [-0.1, -0.05) is 23.7 Å². The van der Waals surface area contributed by atoms with Crippen LogP contribution in [0.15, 0.2) is 35.4 Å². The molecule has 0 bridgehead atoms. The number of carbonyl (C=O) groups is 1. The summed E-state index contributed by atoms with van der Waals surface area (Å²) >= 11 is 5.95. The van der Waals surface area contributed by atoms with Gasteiger partial charge in [-0.15, -0.1) is 0 Å². The minimum absolute atomic E-state index is 0.0406. The molecule has 0 radical (unpaired) electrons. The summed E-state index contributed by atoms with van der Waals surface area (Å²) in [5.41, 5.74) is 0.783. The van der Waals surface area contributed by atoms with E-state index in [0.29, 0.717) is 5.56 Å². The molecule has 21 heavy (non-hydrogen) atoms. The third kappa shape index (κ3) is 3.07. The Morgan fingerprint density at radius 1 is 1.43 bits per heavy atom. The normalized spacial score (nSPS) is 10.9. The molecule has 1 heterocycles. The van der Waals surface area contributed by atoms with E-state index in [1.807, 2.05) is 10.8 Å². The van der Waals surface area contributed by atoms with Crippen molar-refractivity contribution in [2.75, 3.05) is 0 Å². The first-order valence-electron chi connectivity index (χ1n) is 5.76. The van der Waals surface area contributed by atoms with Gasteiger partial charge in [-0.05, 0) is 24.6 Å². The van der Waals surface area contributed by atoms with Gasteiger partial charge in [-0.25, -0.2) is 13.1 Å². The summed E-state index contributed by atoms with van der Waals surface area (Å²) in [6, 6.07) is 7.56. The molecule has 0 spiro atoms.